The molecule has 0 unspecified atom stereocenters. The standard InChI is InChI=1S/C24H31NO3/c1-17(2)14-23(19-9-11-21(27-3)12-10-19)25-24(26)16-28-22-13-8-18-6-4-5-7-20(18)15-22/h8-13,15,17,23H,4-7,14,16H2,1-3H3,(H,25,26)/t23-/m1/s1. The maximum absolute atomic E-state index is 12.5. The van der Waals surface area contributed by atoms with E-state index >= 15 is 0 Å². The van der Waals surface area contributed by atoms with E-state index in [1.807, 2.05) is 30.3 Å². The molecule has 1 N–H and O–H groups in total. The molecule has 0 aliphatic heterocycles. The van der Waals surface area contributed by atoms with Crippen LogP contribution in [0.3, 0.4) is 0 Å². The lowest BCUT2D eigenvalue weighted by Gasteiger charge is -2.22. The summed E-state index contributed by atoms with van der Waals surface area (Å²) in [4.78, 5) is 12.5. The average molecular weight is 382 g/mol. The number of benzene rings is 2. The van der Waals surface area contributed by atoms with Crippen molar-refractivity contribution in [3.05, 3.63) is 59.2 Å². The van der Waals surface area contributed by atoms with Crippen LogP contribution in [0.2, 0.25) is 0 Å². The number of ether oxygens (including phenoxy) is 2. The molecule has 0 fully saturated rings. The van der Waals surface area contributed by atoms with Crippen molar-refractivity contribution in [1.82, 2.24) is 5.32 Å². The fourth-order valence-electron chi connectivity index (χ4n) is 3.77. The van der Waals surface area contributed by atoms with Crippen molar-refractivity contribution in [2.24, 2.45) is 5.92 Å². The molecule has 150 valence electrons. The highest BCUT2D eigenvalue weighted by Gasteiger charge is 2.17. The Kier molecular flexibility index (Phi) is 6.96. The molecule has 28 heavy (non-hydrogen) atoms. The van der Waals surface area contributed by atoms with Crippen molar-refractivity contribution in [1.29, 1.82) is 0 Å². The molecule has 4 nitrogen and oxygen atoms in total. The molecule has 0 heterocycles. The molecular weight excluding hydrogens is 350 g/mol. The Morgan fingerprint density at radius 1 is 1.00 bits per heavy atom. The summed E-state index contributed by atoms with van der Waals surface area (Å²) in [6.07, 6.45) is 5.62. The van der Waals surface area contributed by atoms with Gasteiger partial charge < -0.3 is 14.8 Å². The van der Waals surface area contributed by atoms with Crippen LogP contribution in [0.1, 0.15) is 55.8 Å². The number of amides is 1. The summed E-state index contributed by atoms with van der Waals surface area (Å²) < 4.78 is 11.0. The second kappa shape index (κ2) is 9.63. The van der Waals surface area contributed by atoms with E-state index in [4.69, 9.17) is 9.47 Å². The van der Waals surface area contributed by atoms with Crippen LogP contribution >= 0.6 is 0 Å². The second-order valence-electron chi connectivity index (χ2n) is 7.95. The normalized spacial score (nSPS) is 14.3. The fraction of sp³-hybridized carbons (Fsp3) is 0.458. The molecule has 1 amide bonds. The maximum atomic E-state index is 12.5. The van der Waals surface area contributed by atoms with Crippen LogP contribution in [-0.4, -0.2) is 19.6 Å². The summed E-state index contributed by atoms with van der Waals surface area (Å²) in [7, 11) is 1.65. The van der Waals surface area contributed by atoms with Gasteiger partial charge in [-0.25, -0.2) is 0 Å². The van der Waals surface area contributed by atoms with Crippen LogP contribution in [0.5, 0.6) is 11.5 Å². The molecule has 0 spiro atoms. The van der Waals surface area contributed by atoms with E-state index < -0.39 is 0 Å². The van der Waals surface area contributed by atoms with E-state index in [0.29, 0.717) is 5.92 Å². The van der Waals surface area contributed by atoms with Gasteiger partial charge in [0.15, 0.2) is 6.61 Å². The zero-order valence-corrected chi connectivity index (χ0v) is 17.2. The van der Waals surface area contributed by atoms with Gasteiger partial charge in [0, 0.05) is 0 Å². The first kappa shape index (κ1) is 20.2. The number of aryl methyl sites for hydroxylation is 2. The number of hydrogen-bond acceptors (Lipinski definition) is 3. The van der Waals surface area contributed by atoms with Gasteiger partial charge in [0.1, 0.15) is 11.5 Å². The van der Waals surface area contributed by atoms with Crippen molar-refractivity contribution in [2.75, 3.05) is 13.7 Å². The highest BCUT2D eigenvalue weighted by Crippen LogP contribution is 2.26. The van der Waals surface area contributed by atoms with Gasteiger partial charge in [0.2, 0.25) is 0 Å². The van der Waals surface area contributed by atoms with Gasteiger partial charge in [-0.15, -0.1) is 0 Å². The summed E-state index contributed by atoms with van der Waals surface area (Å²) in [6.45, 7) is 4.35. The quantitative estimate of drug-likeness (QED) is 0.711. The zero-order chi connectivity index (χ0) is 19.9. The van der Waals surface area contributed by atoms with Crippen LogP contribution in [0.25, 0.3) is 0 Å². The fourth-order valence-corrected chi connectivity index (χ4v) is 3.77. The molecule has 1 aliphatic carbocycles. The third-order valence-electron chi connectivity index (χ3n) is 5.25. The predicted octanol–water partition coefficient (Wildman–Crippen LogP) is 4.86. The largest absolute Gasteiger partial charge is 0.497 e. The second-order valence-corrected chi connectivity index (χ2v) is 7.95. The molecule has 3 rings (SSSR count). The van der Waals surface area contributed by atoms with Gasteiger partial charge in [-0.05, 0) is 79.0 Å². The Morgan fingerprint density at radius 2 is 1.68 bits per heavy atom. The summed E-state index contributed by atoms with van der Waals surface area (Å²) >= 11 is 0. The molecule has 1 atom stereocenters. The van der Waals surface area contributed by atoms with Crippen LogP contribution < -0.4 is 14.8 Å². The van der Waals surface area contributed by atoms with Crippen LogP contribution in [0.15, 0.2) is 42.5 Å². The van der Waals surface area contributed by atoms with E-state index in [-0.39, 0.29) is 18.6 Å². The number of fused-ring (bicyclic) bond motifs is 1. The number of nitrogens with one attached hydrogen (secondary N) is 1. The van der Waals surface area contributed by atoms with Crippen molar-refractivity contribution >= 4 is 5.91 Å². The van der Waals surface area contributed by atoms with Crippen molar-refractivity contribution in [3.8, 4) is 11.5 Å². The first-order chi connectivity index (χ1) is 13.5. The van der Waals surface area contributed by atoms with Crippen LogP contribution in [-0.2, 0) is 17.6 Å². The van der Waals surface area contributed by atoms with Gasteiger partial charge in [0.25, 0.3) is 5.91 Å². The van der Waals surface area contributed by atoms with Gasteiger partial charge in [-0.1, -0.05) is 32.0 Å². The summed E-state index contributed by atoms with van der Waals surface area (Å²) in [5, 5.41) is 3.13. The molecule has 0 aromatic heterocycles. The van der Waals surface area contributed by atoms with E-state index in [9.17, 15) is 4.79 Å². The summed E-state index contributed by atoms with van der Waals surface area (Å²) in [5.74, 6) is 1.96. The first-order valence-electron chi connectivity index (χ1n) is 10.2. The van der Waals surface area contributed by atoms with E-state index in [0.717, 1.165) is 36.3 Å². The number of carbonyl (C=O) groups excluding carboxylic acids is 1. The monoisotopic (exact) mass is 381 g/mol. The Hall–Kier alpha value is -2.49. The minimum atomic E-state index is -0.0980. The summed E-state index contributed by atoms with van der Waals surface area (Å²) in [5.41, 5.74) is 3.86. The van der Waals surface area contributed by atoms with Crippen molar-refractivity contribution in [2.45, 2.75) is 52.0 Å². The predicted molar refractivity (Wildman–Crippen MR) is 112 cm³/mol. The van der Waals surface area contributed by atoms with Crippen molar-refractivity contribution < 1.29 is 14.3 Å². The molecule has 2 aromatic carbocycles. The first-order valence-corrected chi connectivity index (χ1v) is 10.2. The topological polar surface area (TPSA) is 47.6 Å². The van der Waals surface area contributed by atoms with Crippen molar-refractivity contribution in [3.63, 3.8) is 0 Å². The Balaban J connectivity index is 1.60. The Morgan fingerprint density at radius 3 is 2.36 bits per heavy atom. The minimum absolute atomic E-state index is 0.0313. The summed E-state index contributed by atoms with van der Waals surface area (Å²) in [6, 6.07) is 14.1. The van der Waals surface area contributed by atoms with Gasteiger partial charge in [0.05, 0.1) is 13.2 Å². The lowest BCUT2D eigenvalue weighted by Crippen LogP contribution is -2.33. The molecular formula is C24H31NO3. The minimum Gasteiger partial charge on any atom is -0.497 e. The zero-order valence-electron chi connectivity index (χ0n) is 17.2. The molecule has 0 bridgehead atoms. The highest BCUT2D eigenvalue weighted by atomic mass is 16.5. The van der Waals surface area contributed by atoms with E-state index in [1.165, 1.54) is 24.0 Å². The molecule has 0 saturated heterocycles. The Labute approximate surface area is 168 Å². The number of carbonyl (C=O) groups is 1. The molecule has 1 aliphatic rings. The van der Waals surface area contributed by atoms with Gasteiger partial charge >= 0.3 is 0 Å². The number of rotatable bonds is 8. The third kappa shape index (κ3) is 5.51. The Bertz CT molecular complexity index is 783. The average Bonchev–Trinajstić information content (AvgIpc) is 2.71. The van der Waals surface area contributed by atoms with Crippen LogP contribution in [0.4, 0.5) is 0 Å². The third-order valence-corrected chi connectivity index (χ3v) is 5.25. The highest BCUT2D eigenvalue weighted by molar-refractivity contribution is 5.78. The maximum Gasteiger partial charge on any atom is 0.258 e. The van der Waals surface area contributed by atoms with Gasteiger partial charge in [-0.3, -0.25) is 4.79 Å². The van der Waals surface area contributed by atoms with Gasteiger partial charge in [-0.2, -0.15) is 0 Å². The van der Waals surface area contributed by atoms with Crippen LogP contribution in [0, 0.1) is 5.92 Å². The smallest absolute Gasteiger partial charge is 0.258 e. The number of methoxy groups -OCH3 is 1. The lowest BCUT2D eigenvalue weighted by molar-refractivity contribution is -0.124. The SMILES string of the molecule is COc1ccc([C@@H](CC(C)C)NC(=O)COc2ccc3c(c2)CCCC3)cc1. The molecule has 4 heteroatoms. The lowest BCUT2D eigenvalue weighted by atomic mass is 9.92. The van der Waals surface area contributed by atoms with E-state index in [2.05, 4.69) is 31.3 Å². The number of hydrogen-bond donors (Lipinski definition) is 1. The molecule has 0 saturated carbocycles. The van der Waals surface area contributed by atoms with E-state index in [1.54, 1.807) is 7.11 Å². The molecule has 0 radical (unpaired) electrons. The molecule has 2 aromatic rings.